The van der Waals surface area contributed by atoms with Crippen molar-refractivity contribution in [2.24, 2.45) is 5.92 Å². The highest BCUT2D eigenvalue weighted by molar-refractivity contribution is 5.45. The van der Waals surface area contributed by atoms with Gasteiger partial charge in [-0.1, -0.05) is 0 Å². The average molecular weight is 230 g/mol. The predicted molar refractivity (Wildman–Crippen MR) is 53.0 cm³/mol. The molecule has 1 aliphatic rings. The molecule has 0 radical (unpaired) electrons. The molecule has 1 fully saturated rings. The summed E-state index contributed by atoms with van der Waals surface area (Å²) in [6.07, 6.45) is 2.20. The van der Waals surface area contributed by atoms with Crippen LogP contribution in [0.4, 0.5) is 8.78 Å². The van der Waals surface area contributed by atoms with E-state index in [0.29, 0.717) is 12.5 Å². The van der Waals surface area contributed by atoms with Crippen molar-refractivity contribution in [1.29, 1.82) is 0 Å². The van der Waals surface area contributed by atoms with Crippen molar-refractivity contribution in [3.8, 4) is 17.2 Å². The van der Waals surface area contributed by atoms with Gasteiger partial charge in [-0.3, -0.25) is 0 Å². The van der Waals surface area contributed by atoms with Crippen molar-refractivity contribution >= 4 is 0 Å². The van der Waals surface area contributed by atoms with E-state index in [1.807, 2.05) is 0 Å². The Bertz CT molecular complexity index is 364. The second kappa shape index (κ2) is 4.55. The molecule has 1 saturated carbocycles. The molecular weight excluding hydrogens is 218 g/mol. The summed E-state index contributed by atoms with van der Waals surface area (Å²) in [7, 11) is 0. The maximum absolute atomic E-state index is 12.1. The summed E-state index contributed by atoms with van der Waals surface area (Å²) < 4.78 is 33.8. The van der Waals surface area contributed by atoms with Gasteiger partial charge in [0, 0.05) is 6.07 Å². The maximum atomic E-state index is 12.1. The first-order valence-electron chi connectivity index (χ1n) is 5.06. The number of ether oxygens (including phenoxy) is 2. The van der Waals surface area contributed by atoms with Crippen molar-refractivity contribution in [3.63, 3.8) is 0 Å². The van der Waals surface area contributed by atoms with Crippen LogP contribution in [0.5, 0.6) is 17.2 Å². The number of hydrogen-bond acceptors (Lipinski definition) is 3. The third-order valence-electron chi connectivity index (χ3n) is 2.31. The van der Waals surface area contributed by atoms with Crippen molar-refractivity contribution in [2.75, 3.05) is 6.61 Å². The smallest absolute Gasteiger partial charge is 0.387 e. The van der Waals surface area contributed by atoms with Crippen LogP contribution in [0.15, 0.2) is 18.2 Å². The Morgan fingerprint density at radius 2 is 2.06 bits per heavy atom. The molecule has 1 N–H and O–H groups in total. The fraction of sp³-hybridized carbons (Fsp3) is 0.455. The Hall–Kier alpha value is -1.52. The van der Waals surface area contributed by atoms with Crippen LogP contribution < -0.4 is 9.47 Å². The molecule has 0 heterocycles. The van der Waals surface area contributed by atoms with Crippen molar-refractivity contribution < 1.29 is 23.4 Å². The lowest BCUT2D eigenvalue weighted by Gasteiger charge is -2.12. The minimum atomic E-state index is -2.90. The molecule has 0 spiro atoms. The number of hydrogen-bond donors (Lipinski definition) is 1. The molecule has 88 valence electrons. The van der Waals surface area contributed by atoms with E-state index < -0.39 is 6.61 Å². The molecule has 16 heavy (non-hydrogen) atoms. The zero-order valence-electron chi connectivity index (χ0n) is 8.53. The number of phenols is 1. The zero-order valence-corrected chi connectivity index (χ0v) is 8.53. The highest BCUT2D eigenvalue weighted by atomic mass is 19.3. The van der Waals surface area contributed by atoms with Crippen molar-refractivity contribution in [1.82, 2.24) is 0 Å². The van der Waals surface area contributed by atoms with Crippen LogP contribution in [0.25, 0.3) is 0 Å². The van der Waals surface area contributed by atoms with Crippen LogP contribution in [0.1, 0.15) is 12.8 Å². The van der Waals surface area contributed by atoms with Crippen LogP contribution >= 0.6 is 0 Å². The summed E-state index contributed by atoms with van der Waals surface area (Å²) in [6, 6.07) is 3.82. The molecule has 0 aromatic heterocycles. The molecule has 1 aromatic carbocycles. The first-order chi connectivity index (χ1) is 7.65. The lowest BCUT2D eigenvalue weighted by molar-refractivity contribution is -0.0515. The number of phenolic OH excluding ortho intramolecular Hbond substituents is 1. The molecule has 0 aliphatic heterocycles. The Morgan fingerprint density at radius 3 is 2.69 bits per heavy atom. The van der Waals surface area contributed by atoms with Crippen molar-refractivity contribution in [3.05, 3.63) is 18.2 Å². The van der Waals surface area contributed by atoms with E-state index in [-0.39, 0.29) is 17.2 Å². The molecule has 0 amide bonds. The molecular formula is C11H12F2O3. The lowest BCUT2D eigenvalue weighted by atomic mass is 10.3. The minimum Gasteiger partial charge on any atom is -0.508 e. The Labute approximate surface area is 91.6 Å². The summed E-state index contributed by atoms with van der Waals surface area (Å²) in [6.45, 7) is -2.42. The highest BCUT2D eigenvalue weighted by Crippen LogP contribution is 2.35. The van der Waals surface area contributed by atoms with Crippen molar-refractivity contribution in [2.45, 2.75) is 19.5 Å². The predicted octanol–water partition coefficient (Wildman–Crippen LogP) is 2.78. The van der Waals surface area contributed by atoms with Gasteiger partial charge in [-0.15, -0.1) is 0 Å². The largest absolute Gasteiger partial charge is 0.508 e. The normalized spacial score (nSPS) is 15.2. The maximum Gasteiger partial charge on any atom is 0.387 e. The third-order valence-corrected chi connectivity index (χ3v) is 2.31. The summed E-state index contributed by atoms with van der Waals surface area (Å²) in [5.41, 5.74) is 0. The topological polar surface area (TPSA) is 38.7 Å². The minimum absolute atomic E-state index is 0.0348. The zero-order chi connectivity index (χ0) is 11.5. The quantitative estimate of drug-likeness (QED) is 0.845. The number of rotatable bonds is 5. The van der Waals surface area contributed by atoms with E-state index in [1.165, 1.54) is 18.2 Å². The fourth-order valence-corrected chi connectivity index (χ4v) is 1.30. The van der Waals surface area contributed by atoms with Gasteiger partial charge >= 0.3 is 6.61 Å². The molecule has 3 nitrogen and oxygen atoms in total. The molecule has 0 bridgehead atoms. The van der Waals surface area contributed by atoms with Crippen LogP contribution in [0.3, 0.4) is 0 Å². The molecule has 0 unspecified atom stereocenters. The molecule has 0 saturated heterocycles. The Balaban J connectivity index is 2.07. The van der Waals surface area contributed by atoms with E-state index in [4.69, 9.17) is 4.74 Å². The van der Waals surface area contributed by atoms with Gasteiger partial charge in [0.25, 0.3) is 0 Å². The van der Waals surface area contributed by atoms with Gasteiger partial charge in [-0.2, -0.15) is 8.78 Å². The second-order valence-corrected chi connectivity index (χ2v) is 3.76. The average Bonchev–Trinajstić information content (AvgIpc) is 3.01. The summed E-state index contributed by atoms with van der Waals surface area (Å²) in [4.78, 5) is 0. The number of halogens is 2. The van der Waals surface area contributed by atoms with E-state index in [1.54, 1.807) is 0 Å². The van der Waals surface area contributed by atoms with E-state index in [9.17, 15) is 13.9 Å². The van der Waals surface area contributed by atoms with Crippen LogP contribution in [0.2, 0.25) is 0 Å². The molecule has 1 aromatic rings. The first kappa shape index (κ1) is 11.0. The standard InChI is InChI=1S/C11H12F2O3/c12-11(13)16-9-4-3-8(14)5-10(9)15-6-7-1-2-7/h3-5,7,11,14H,1-2,6H2. The molecule has 1 aliphatic carbocycles. The van der Waals surface area contributed by atoms with Gasteiger partial charge in [0.1, 0.15) is 5.75 Å². The van der Waals surface area contributed by atoms with Crippen LogP contribution in [0, 0.1) is 5.92 Å². The lowest BCUT2D eigenvalue weighted by Crippen LogP contribution is -2.05. The van der Waals surface area contributed by atoms with E-state index >= 15 is 0 Å². The number of benzene rings is 1. The fourth-order valence-electron chi connectivity index (χ4n) is 1.30. The Morgan fingerprint density at radius 1 is 1.31 bits per heavy atom. The summed E-state index contributed by atoms with van der Waals surface area (Å²) in [5, 5.41) is 9.23. The highest BCUT2D eigenvalue weighted by Gasteiger charge is 2.23. The molecule has 2 rings (SSSR count). The van der Waals surface area contributed by atoms with Gasteiger partial charge in [0.05, 0.1) is 6.61 Å². The van der Waals surface area contributed by atoms with Gasteiger partial charge in [0.2, 0.25) is 0 Å². The Kier molecular flexibility index (Phi) is 3.12. The van der Waals surface area contributed by atoms with E-state index in [2.05, 4.69) is 4.74 Å². The number of aromatic hydroxyl groups is 1. The second-order valence-electron chi connectivity index (χ2n) is 3.76. The SMILES string of the molecule is Oc1ccc(OC(F)F)c(OCC2CC2)c1. The third kappa shape index (κ3) is 2.98. The van der Waals surface area contributed by atoms with Gasteiger partial charge < -0.3 is 14.6 Å². The summed E-state index contributed by atoms with van der Waals surface area (Å²) in [5.74, 6) is 0.579. The van der Waals surface area contributed by atoms with Crippen LogP contribution in [-0.4, -0.2) is 18.3 Å². The van der Waals surface area contributed by atoms with Gasteiger partial charge in [-0.05, 0) is 30.9 Å². The van der Waals surface area contributed by atoms with E-state index in [0.717, 1.165) is 12.8 Å². The monoisotopic (exact) mass is 230 g/mol. The molecule has 0 atom stereocenters. The van der Waals surface area contributed by atoms with Gasteiger partial charge in [0.15, 0.2) is 11.5 Å². The molecule has 5 heteroatoms. The number of alkyl halides is 2. The van der Waals surface area contributed by atoms with Gasteiger partial charge in [-0.25, -0.2) is 0 Å². The first-order valence-corrected chi connectivity index (χ1v) is 5.06. The van der Waals surface area contributed by atoms with Crippen LogP contribution in [-0.2, 0) is 0 Å². The summed E-state index contributed by atoms with van der Waals surface area (Å²) >= 11 is 0.